The monoisotopic (exact) mass is 382 g/mol. The van der Waals surface area contributed by atoms with Crippen molar-refractivity contribution in [3.63, 3.8) is 0 Å². The summed E-state index contributed by atoms with van der Waals surface area (Å²) in [4.78, 5) is 12.1. The summed E-state index contributed by atoms with van der Waals surface area (Å²) in [6.07, 6.45) is 0.716. The van der Waals surface area contributed by atoms with Crippen molar-refractivity contribution in [2.75, 3.05) is 22.4 Å². The third kappa shape index (κ3) is 5.01. The number of nitrogens with zero attached hydrogens (tertiary/aromatic N) is 1. The summed E-state index contributed by atoms with van der Waals surface area (Å²) in [5, 5.41) is 2.68. The normalized spacial score (nSPS) is 11.3. The smallest absolute Gasteiger partial charge is 0.232 e. The van der Waals surface area contributed by atoms with Crippen LogP contribution in [0.2, 0.25) is 0 Å². The van der Waals surface area contributed by atoms with E-state index in [1.165, 1.54) is 0 Å². The Morgan fingerprint density at radius 3 is 2.35 bits per heavy atom. The zero-order chi connectivity index (χ0) is 19.5. The fourth-order valence-corrected chi connectivity index (χ4v) is 3.32. The minimum atomic E-state index is -3.84. The van der Waals surface area contributed by atoms with Crippen molar-refractivity contribution in [3.05, 3.63) is 59.2 Å². The summed E-state index contributed by atoms with van der Waals surface area (Å²) in [5.41, 5.74) is 2.39. The Bertz CT molecular complexity index is 930. The molecule has 2 aromatic carbocycles. The molecule has 0 saturated heterocycles. The lowest BCUT2D eigenvalue weighted by molar-refractivity contribution is -0.116. The molecule has 5 nitrogen and oxygen atoms in total. The molecule has 0 saturated carbocycles. The fourth-order valence-electron chi connectivity index (χ4n) is 2.39. The zero-order valence-corrected chi connectivity index (χ0v) is 15.5. The second kappa shape index (κ2) is 7.82. The molecule has 0 spiro atoms. The predicted octanol–water partition coefficient (Wildman–Crippen LogP) is 3.38. The van der Waals surface area contributed by atoms with Crippen LogP contribution in [0.3, 0.4) is 0 Å². The first-order valence-electron chi connectivity index (χ1n) is 7.88. The molecular formula is C18H20F2N2O3S. The van der Waals surface area contributed by atoms with E-state index >= 15 is 0 Å². The lowest BCUT2D eigenvalue weighted by Gasteiger charge is -2.22. The van der Waals surface area contributed by atoms with Crippen LogP contribution in [-0.2, 0) is 14.8 Å². The van der Waals surface area contributed by atoms with Gasteiger partial charge in [0.05, 0.1) is 11.9 Å². The Morgan fingerprint density at radius 1 is 1.08 bits per heavy atom. The van der Waals surface area contributed by atoms with Gasteiger partial charge in [-0.05, 0) is 49.2 Å². The Morgan fingerprint density at radius 2 is 1.77 bits per heavy atom. The third-order valence-electron chi connectivity index (χ3n) is 3.91. The number of carbonyl (C=O) groups excluding carboxylic acids is 1. The molecule has 0 aliphatic heterocycles. The van der Waals surface area contributed by atoms with Crippen molar-refractivity contribution >= 4 is 27.3 Å². The summed E-state index contributed by atoms with van der Waals surface area (Å²) < 4.78 is 51.7. The second-order valence-corrected chi connectivity index (χ2v) is 7.93. The highest BCUT2D eigenvalue weighted by atomic mass is 32.2. The Balaban J connectivity index is 2.12. The maximum Gasteiger partial charge on any atom is 0.232 e. The highest BCUT2D eigenvalue weighted by Gasteiger charge is 2.22. The van der Waals surface area contributed by atoms with Crippen LogP contribution in [0.4, 0.5) is 20.2 Å². The third-order valence-corrected chi connectivity index (χ3v) is 5.09. The fraction of sp³-hybridized carbons (Fsp3) is 0.278. The van der Waals surface area contributed by atoms with Gasteiger partial charge in [-0.25, -0.2) is 17.2 Å². The molecule has 0 aromatic heterocycles. The predicted molar refractivity (Wildman–Crippen MR) is 97.7 cm³/mol. The van der Waals surface area contributed by atoms with Crippen LogP contribution in [0.15, 0.2) is 36.4 Å². The molecule has 0 aliphatic carbocycles. The highest BCUT2D eigenvalue weighted by molar-refractivity contribution is 7.92. The molecule has 1 N–H and O–H groups in total. The number of hydrogen-bond acceptors (Lipinski definition) is 3. The van der Waals surface area contributed by atoms with Crippen molar-refractivity contribution in [2.24, 2.45) is 0 Å². The van der Waals surface area contributed by atoms with E-state index in [1.54, 1.807) is 12.1 Å². The number of sulfonamides is 1. The van der Waals surface area contributed by atoms with Crippen LogP contribution in [0, 0.1) is 25.5 Å². The van der Waals surface area contributed by atoms with E-state index < -0.39 is 27.6 Å². The molecule has 0 unspecified atom stereocenters. The molecule has 0 fully saturated rings. The number of amides is 1. The van der Waals surface area contributed by atoms with E-state index in [0.717, 1.165) is 33.8 Å². The largest absolute Gasteiger partial charge is 0.326 e. The summed E-state index contributed by atoms with van der Waals surface area (Å²) in [5.74, 6) is -2.23. The first-order chi connectivity index (χ1) is 12.1. The maximum atomic E-state index is 13.9. The van der Waals surface area contributed by atoms with E-state index in [4.69, 9.17) is 0 Å². The minimum absolute atomic E-state index is 0.184. The Hall–Kier alpha value is -2.48. The standard InChI is InChI=1S/C18H20F2N2O3S/c1-12-4-6-15(10-13(12)2)21-18(23)8-9-22(26(3,24)25)17-7-5-14(19)11-16(17)20/h4-7,10-11H,8-9H2,1-3H3,(H,21,23). The number of carbonyl (C=O) groups is 1. The molecule has 1 amide bonds. The van der Waals surface area contributed by atoms with Gasteiger partial charge in [0.25, 0.3) is 0 Å². The molecule has 0 heterocycles. The number of rotatable bonds is 6. The van der Waals surface area contributed by atoms with Gasteiger partial charge >= 0.3 is 0 Å². The van der Waals surface area contributed by atoms with Crippen molar-refractivity contribution in [1.82, 2.24) is 0 Å². The van der Waals surface area contributed by atoms with Crippen LogP contribution >= 0.6 is 0 Å². The SMILES string of the molecule is Cc1ccc(NC(=O)CCN(c2ccc(F)cc2F)S(C)(=O)=O)cc1C. The van der Waals surface area contributed by atoms with Gasteiger partial charge in [0.2, 0.25) is 15.9 Å². The van der Waals surface area contributed by atoms with E-state index in [1.807, 2.05) is 19.9 Å². The maximum absolute atomic E-state index is 13.9. The van der Waals surface area contributed by atoms with Gasteiger partial charge in [-0.3, -0.25) is 9.10 Å². The topological polar surface area (TPSA) is 66.5 Å². The van der Waals surface area contributed by atoms with Gasteiger partial charge in [0, 0.05) is 24.7 Å². The first kappa shape index (κ1) is 19.8. The highest BCUT2D eigenvalue weighted by Crippen LogP contribution is 2.23. The van der Waals surface area contributed by atoms with Gasteiger partial charge < -0.3 is 5.32 Å². The summed E-state index contributed by atoms with van der Waals surface area (Å²) in [7, 11) is -3.84. The molecule has 0 radical (unpaired) electrons. The van der Waals surface area contributed by atoms with Crippen LogP contribution in [0.1, 0.15) is 17.5 Å². The molecule has 0 bridgehead atoms. The minimum Gasteiger partial charge on any atom is -0.326 e. The quantitative estimate of drug-likeness (QED) is 0.833. The van der Waals surface area contributed by atoms with Gasteiger partial charge in [-0.2, -0.15) is 0 Å². The number of hydrogen-bond donors (Lipinski definition) is 1. The molecule has 0 atom stereocenters. The molecule has 2 rings (SSSR count). The number of benzene rings is 2. The van der Waals surface area contributed by atoms with Crippen LogP contribution in [0.25, 0.3) is 0 Å². The first-order valence-corrected chi connectivity index (χ1v) is 9.72. The molecular weight excluding hydrogens is 362 g/mol. The number of aryl methyl sites for hydroxylation is 2. The van der Waals surface area contributed by atoms with Gasteiger partial charge in [0.1, 0.15) is 11.6 Å². The lowest BCUT2D eigenvalue weighted by atomic mass is 10.1. The van der Waals surface area contributed by atoms with E-state index in [9.17, 15) is 22.0 Å². The van der Waals surface area contributed by atoms with Crippen molar-refractivity contribution in [1.29, 1.82) is 0 Å². The molecule has 140 valence electrons. The van der Waals surface area contributed by atoms with E-state index in [2.05, 4.69) is 5.32 Å². The number of nitrogens with one attached hydrogen (secondary N) is 1. The van der Waals surface area contributed by atoms with Crippen LogP contribution < -0.4 is 9.62 Å². The average Bonchev–Trinajstić information content (AvgIpc) is 2.51. The lowest BCUT2D eigenvalue weighted by Crippen LogP contribution is -2.33. The van der Waals surface area contributed by atoms with E-state index in [0.29, 0.717) is 11.8 Å². The summed E-state index contributed by atoms with van der Waals surface area (Å²) in [6.45, 7) is 3.59. The molecule has 2 aromatic rings. The van der Waals surface area contributed by atoms with Crippen molar-refractivity contribution in [2.45, 2.75) is 20.3 Å². The number of halogens is 2. The van der Waals surface area contributed by atoms with Crippen LogP contribution in [0.5, 0.6) is 0 Å². The summed E-state index contributed by atoms with van der Waals surface area (Å²) in [6, 6.07) is 8.01. The molecule has 8 heteroatoms. The van der Waals surface area contributed by atoms with Crippen LogP contribution in [-0.4, -0.2) is 27.1 Å². The van der Waals surface area contributed by atoms with Gasteiger partial charge in [0.15, 0.2) is 0 Å². The Kier molecular flexibility index (Phi) is 5.97. The second-order valence-electron chi connectivity index (χ2n) is 6.03. The molecule has 0 aliphatic rings. The van der Waals surface area contributed by atoms with Gasteiger partial charge in [-0.1, -0.05) is 6.07 Å². The zero-order valence-electron chi connectivity index (χ0n) is 14.7. The van der Waals surface area contributed by atoms with Crippen molar-refractivity contribution in [3.8, 4) is 0 Å². The van der Waals surface area contributed by atoms with Crippen molar-refractivity contribution < 1.29 is 22.0 Å². The average molecular weight is 382 g/mol. The number of anilines is 2. The van der Waals surface area contributed by atoms with Gasteiger partial charge in [-0.15, -0.1) is 0 Å². The van der Waals surface area contributed by atoms with E-state index in [-0.39, 0.29) is 18.7 Å². The molecule has 26 heavy (non-hydrogen) atoms. The summed E-state index contributed by atoms with van der Waals surface area (Å²) >= 11 is 0. The Labute approximate surface area is 151 Å².